The lowest BCUT2D eigenvalue weighted by atomic mass is 10.0. The van der Waals surface area contributed by atoms with Crippen molar-refractivity contribution < 1.29 is 5.11 Å². The highest BCUT2D eigenvalue weighted by Crippen LogP contribution is 2.27. The van der Waals surface area contributed by atoms with Gasteiger partial charge in [0.1, 0.15) is 5.82 Å². The molecule has 1 atom stereocenters. The number of benzene rings is 1. The minimum atomic E-state index is -0.0236. The number of aliphatic hydroxyl groups is 1. The van der Waals surface area contributed by atoms with Gasteiger partial charge in [0, 0.05) is 18.5 Å². The van der Waals surface area contributed by atoms with Gasteiger partial charge in [0.2, 0.25) is 0 Å². The summed E-state index contributed by atoms with van der Waals surface area (Å²) in [4.78, 5) is 6.85. The molecule has 2 rings (SSSR count). The van der Waals surface area contributed by atoms with Crippen LogP contribution in [-0.4, -0.2) is 23.2 Å². The summed E-state index contributed by atoms with van der Waals surface area (Å²) < 4.78 is 0. The van der Waals surface area contributed by atoms with Crippen molar-refractivity contribution in [1.29, 1.82) is 0 Å². The van der Waals surface area contributed by atoms with Crippen molar-refractivity contribution in [2.45, 2.75) is 39.8 Å². The van der Waals surface area contributed by atoms with Gasteiger partial charge < -0.3 is 10.0 Å². The van der Waals surface area contributed by atoms with Crippen LogP contribution in [0.1, 0.15) is 32.9 Å². The monoisotopic (exact) mass is 272 g/mol. The number of aliphatic hydroxyl groups excluding tert-OH is 1. The van der Waals surface area contributed by atoms with Gasteiger partial charge in [-0.05, 0) is 30.7 Å². The molecule has 0 aliphatic carbocycles. The number of anilines is 1. The van der Waals surface area contributed by atoms with Gasteiger partial charge in [-0.15, -0.1) is 0 Å². The molecule has 20 heavy (non-hydrogen) atoms. The molecule has 0 aliphatic rings. The fraction of sp³-hybridized carbons (Fsp3) is 0.471. The van der Waals surface area contributed by atoms with Gasteiger partial charge in [-0.1, -0.05) is 38.1 Å². The summed E-state index contributed by atoms with van der Waals surface area (Å²) in [7, 11) is 2.09. The van der Waals surface area contributed by atoms with Gasteiger partial charge in [-0.2, -0.15) is 0 Å². The van der Waals surface area contributed by atoms with Crippen molar-refractivity contribution in [3.8, 4) is 0 Å². The number of rotatable bonds is 5. The van der Waals surface area contributed by atoms with E-state index in [-0.39, 0.29) is 6.61 Å². The lowest BCUT2D eigenvalue weighted by Gasteiger charge is -2.28. The van der Waals surface area contributed by atoms with Gasteiger partial charge in [-0.3, -0.25) is 0 Å². The van der Waals surface area contributed by atoms with Crippen LogP contribution in [0, 0.1) is 5.92 Å². The van der Waals surface area contributed by atoms with Crippen molar-refractivity contribution in [3.05, 3.63) is 36.0 Å². The molecular formula is C17H24N2O. The molecule has 3 heteroatoms. The van der Waals surface area contributed by atoms with Crippen molar-refractivity contribution >= 4 is 16.6 Å². The maximum atomic E-state index is 9.41. The highest BCUT2D eigenvalue weighted by Gasteiger charge is 2.16. The number of hydrogen-bond acceptors (Lipinski definition) is 3. The molecule has 0 amide bonds. The second-order valence-corrected chi connectivity index (χ2v) is 5.91. The Balaban J connectivity index is 2.46. The van der Waals surface area contributed by atoms with Gasteiger partial charge >= 0.3 is 0 Å². The van der Waals surface area contributed by atoms with Crippen LogP contribution in [0.2, 0.25) is 0 Å². The molecule has 0 aliphatic heterocycles. The molecule has 0 saturated heterocycles. The third kappa shape index (κ3) is 3.10. The van der Waals surface area contributed by atoms with Crippen LogP contribution >= 0.6 is 0 Å². The van der Waals surface area contributed by atoms with Crippen molar-refractivity contribution in [2.24, 2.45) is 5.92 Å². The molecule has 0 fully saturated rings. The summed E-state index contributed by atoms with van der Waals surface area (Å²) in [5.41, 5.74) is 0.724. The zero-order chi connectivity index (χ0) is 14.7. The molecule has 1 aromatic heterocycles. The van der Waals surface area contributed by atoms with Crippen LogP contribution in [-0.2, 0) is 6.61 Å². The van der Waals surface area contributed by atoms with Gasteiger partial charge in [0.25, 0.3) is 0 Å². The standard InChI is InChI=1S/C17H24N2O/c1-12(2)9-13(3)19(4)17-16-8-6-5-7-14(16)10-15(11-20)18-17/h5-8,10,12-13,20H,9,11H2,1-4H3. The Labute approximate surface area is 121 Å². The summed E-state index contributed by atoms with van der Waals surface area (Å²) in [6, 6.07) is 10.6. The fourth-order valence-electron chi connectivity index (χ4n) is 2.63. The SMILES string of the molecule is CC(C)CC(C)N(C)c1nc(CO)cc2ccccc12. The quantitative estimate of drug-likeness (QED) is 0.903. The molecule has 0 saturated carbocycles. The van der Waals surface area contributed by atoms with E-state index in [4.69, 9.17) is 0 Å². The van der Waals surface area contributed by atoms with Crippen LogP contribution in [0.3, 0.4) is 0 Å². The van der Waals surface area contributed by atoms with Gasteiger partial charge in [-0.25, -0.2) is 4.98 Å². The van der Waals surface area contributed by atoms with E-state index in [2.05, 4.69) is 49.8 Å². The Morgan fingerprint density at radius 3 is 2.55 bits per heavy atom. The molecule has 0 bridgehead atoms. The molecular weight excluding hydrogens is 248 g/mol. The molecule has 1 N–H and O–H groups in total. The normalized spacial score (nSPS) is 12.9. The molecule has 0 spiro atoms. The van der Waals surface area contributed by atoms with E-state index in [0.717, 1.165) is 28.7 Å². The largest absolute Gasteiger partial charge is 0.390 e. The summed E-state index contributed by atoms with van der Waals surface area (Å²) in [5.74, 6) is 1.61. The van der Waals surface area contributed by atoms with Crippen LogP contribution in [0.4, 0.5) is 5.82 Å². The number of aromatic nitrogens is 1. The Kier molecular flexibility index (Phi) is 4.61. The van der Waals surface area contributed by atoms with E-state index in [0.29, 0.717) is 12.0 Å². The minimum Gasteiger partial charge on any atom is -0.390 e. The van der Waals surface area contributed by atoms with E-state index in [1.54, 1.807) is 0 Å². The van der Waals surface area contributed by atoms with E-state index >= 15 is 0 Å². The van der Waals surface area contributed by atoms with Gasteiger partial charge in [0.05, 0.1) is 12.3 Å². The highest BCUT2D eigenvalue weighted by atomic mass is 16.3. The average Bonchev–Trinajstić information content (AvgIpc) is 2.44. The highest BCUT2D eigenvalue weighted by molar-refractivity contribution is 5.92. The summed E-state index contributed by atoms with van der Waals surface area (Å²) in [6.07, 6.45) is 1.12. The smallest absolute Gasteiger partial charge is 0.136 e. The van der Waals surface area contributed by atoms with Crippen LogP contribution < -0.4 is 4.90 Å². The lowest BCUT2D eigenvalue weighted by molar-refractivity contribution is 0.277. The number of fused-ring (bicyclic) bond motifs is 1. The van der Waals surface area contributed by atoms with Crippen molar-refractivity contribution in [3.63, 3.8) is 0 Å². The first-order valence-electron chi connectivity index (χ1n) is 7.25. The third-order valence-corrected chi connectivity index (χ3v) is 3.74. The predicted molar refractivity (Wildman–Crippen MR) is 85.0 cm³/mol. The van der Waals surface area contributed by atoms with Crippen molar-refractivity contribution in [1.82, 2.24) is 4.98 Å². The first-order chi connectivity index (χ1) is 9.52. The Morgan fingerprint density at radius 1 is 1.20 bits per heavy atom. The predicted octanol–water partition coefficient (Wildman–Crippen LogP) is 3.60. The second kappa shape index (κ2) is 6.23. The Bertz CT molecular complexity index is 580. The molecule has 1 aromatic carbocycles. The zero-order valence-corrected chi connectivity index (χ0v) is 12.8. The van der Waals surface area contributed by atoms with Crippen LogP contribution in [0.15, 0.2) is 30.3 Å². The molecule has 2 aromatic rings. The topological polar surface area (TPSA) is 36.4 Å². The van der Waals surface area contributed by atoms with Crippen LogP contribution in [0.25, 0.3) is 10.8 Å². The number of hydrogen-bond donors (Lipinski definition) is 1. The maximum Gasteiger partial charge on any atom is 0.136 e. The minimum absolute atomic E-state index is 0.0236. The van der Waals surface area contributed by atoms with Gasteiger partial charge in [0.15, 0.2) is 0 Å². The Morgan fingerprint density at radius 2 is 1.90 bits per heavy atom. The first-order valence-corrected chi connectivity index (χ1v) is 7.25. The Hall–Kier alpha value is -1.61. The molecule has 108 valence electrons. The summed E-state index contributed by atoms with van der Waals surface area (Å²) in [5, 5.41) is 11.7. The van der Waals surface area contributed by atoms with E-state index < -0.39 is 0 Å². The number of nitrogens with zero attached hydrogens (tertiary/aromatic N) is 2. The molecule has 3 nitrogen and oxygen atoms in total. The van der Waals surface area contributed by atoms with Crippen molar-refractivity contribution in [2.75, 3.05) is 11.9 Å². The second-order valence-electron chi connectivity index (χ2n) is 5.91. The molecule has 1 unspecified atom stereocenters. The van der Waals surface area contributed by atoms with E-state index in [1.165, 1.54) is 0 Å². The third-order valence-electron chi connectivity index (χ3n) is 3.74. The number of pyridine rings is 1. The van der Waals surface area contributed by atoms with E-state index in [1.807, 2.05) is 18.2 Å². The fourth-order valence-corrected chi connectivity index (χ4v) is 2.63. The maximum absolute atomic E-state index is 9.41. The molecule has 1 heterocycles. The lowest BCUT2D eigenvalue weighted by Crippen LogP contribution is -2.31. The molecule has 0 radical (unpaired) electrons. The summed E-state index contributed by atoms with van der Waals surface area (Å²) >= 11 is 0. The zero-order valence-electron chi connectivity index (χ0n) is 12.8. The van der Waals surface area contributed by atoms with Crippen LogP contribution in [0.5, 0.6) is 0 Å². The summed E-state index contributed by atoms with van der Waals surface area (Å²) in [6.45, 7) is 6.67. The van der Waals surface area contributed by atoms with E-state index in [9.17, 15) is 5.11 Å². The first kappa shape index (κ1) is 14.8. The average molecular weight is 272 g/mol.